The highest BCUT2D eigenvalue weighted by Crippen LogP contribution is 2.24. The van der Waals surface area contributed by atoms with Gasteiger partial charge in [-0.05, 0) is 24.6 Å². The minimum absolute atomic E-state index is 0.197. The number of hydrogen-bond acceptors (Lipinski definition) is 3. The normalized spacial score (nSPS) is 17.6. The first kappa shape index (κ1) is 19.2. The molecule has 2 rings (SSSR count). The highest BCUT2D eigenvalue weighted by molar-refractivity contribution is 9.10. The topological polar surface area (TPSA) is 46.1 Å². The summed E-state index contributed by atoms with van der Waals surface area (Å²) < 4.78 is 12.3. The molecule has 1 saturated heterocycles. The lowest BCUT2D eigenvalue weighted by atomic mass is 9.94. The fourth-order valence-electron chi connectivity index (χ4n) is 2.80. The summed E-state index contributed by atoms with van der Waals surface area (Å²) in [4.78, 5) is 6.98. The van der Waals surface area contributed by atoms with Gasteiger partial charge in [0.25, 0.3) is 0 Å². The largest absolute Gasteiger partial charge is 0.381 e. The highest BCUT2D eigenvalue weighted by Gasteiger charge is 2.32. The van der Waals surface area contributed by atoms with Gasteiger partial charge in [-0.15, -0.1) is 0 Å². The summed E-state index contributed by atoms with van der Waals surface area (Å²) in [6.07, 6.45) is 1.78. The number of ether oxygens (including phenoxy) is 2. The van der Waals surface area contributed by atoms with Crippen molar-refractivity contribution in [3.05, 3.63) is 34.3 Å². The molecule has 6 heteroatoms. The number of nitrogens with zero attached hydrogens (tertiary/aromatic N) is 2. The van der Waals surface area contributed by atoms with E-state index >= 15 is 0 Å². The third-order valence-corrected chi connectivity index (χ3v) is 4.91. The van der Waals surface area contributed by atoms with Crippen LogP contribution in [0.2, 0.25) is 0 Å². The van der Waals surface area contributed by atoms with Crippen molar-refractivity contribution >= 4 is 21.9 Å². The molecule has 0 aromatic heterocycles. The van der Waals surface area contributed by atoms with E-state index in [4.69, 9.17) is 14.5 Å². The Morgan fingerprint density at radius 3 is 2.58 bits per heavy atom. The Morgan fingerprint density at radius 1 is 1.33 bits per heavy atom. The molecule has 0 aliphatic carbocycles. The van der Waals surface area contributed by atoms with E-state index in [0.717, 1.165) is 49.6 Å². The van der Waals surface area contributed by atoms with Crippen LogP contribution < -0.4 is 5.32 Å². The fraction of sp³-hybridized carbons (Fsp3) is 0.611. The second-order valence-corrected chi connectivity index (χ2v) is 7.07. The molecule has 0 spiro atoms. The van der Waals surface area contributed by atoms with Gasteiger partial charge in [0, 0.05) is 57.8 Å². The van der Waals surface area contributed by atoms with E-state index in [-0.39, 0.29) is 5.60 Å². The predicted molar refractivity (Wildman–Crippen MR) is 101 cm³/mol. The van der Waals surface area contributed by atoms with Crippen molar-refractivity contribution < 1.29 is 9.47 Å². The summed E-state index contributed by atoms with van der Waals surface area (Å²) >= 11 is 3.47. The Hall–Kier alpha value is -1.11. The van der Waals surface area contributed by atoms with Crippen molar-refractivity contribution in [3.63, 3.8) is 0 Å². The lowest BCUT2D eigenvalue weighted by molar-refractivity contribution is -0.0829. The number of guanidine groups is 1. The fourth-order valence-corrected chi connectivity index (χ4v) is 3.06. The standard InChI is InChI=1S/C18H28BrN3O2/c1-4-20-17(21-14-18(23-3)9-11-24-12-10-18)22(2)13-15-5-7-16(19)8-6-15/h5-8H,4,9-14H2,1-3H3,(H,20,21). The van der Waals surface area contributed by atoms with Crippen molar-refractivity contribution in [1.29, 1.82) is 0 Å². The molecule has 1 aromatic rings. The molecule has 0 bridgehead atoms. The molecule has 0 saturated carbocycles. The summed E-state index contributed by atoms with van der Waals surface area (Å²) in [7, 11) is 3.84. The van der Waals surface area contributed by atoms with Crippen LogP contribution >= 0.6 is 15.9 Å². The molecular weight excluding hydrogens is 370 g/mol. The monoisotopic (exact) mass is 397 g/mol. The van der Waals surface area contributed by atoms with Crippen molar-refractivity contribution in [3.8, 4) is 0 Å². The molecule has 0 amide bonds. The Kier molecular flexibility index (Phi) is 7.52. The molecule has 0 radical (unpaired) electrons. The first-order valence-corrected chi connectivity index (χ1v) is 9.24. The molecule has 1 aliphatic heterocycles. The Balaban J connectivity index is 2.04. The van der Waals surface area contributed by atoms with E-state index in [9.17, 15) is 0 Å². The number of nitrogens with one attached hydrogen (secondary N) is 1. The van der Waals surface area contributed by atoms with Crippen LogP contribution in [0, 0.1) is 0 Å². The maximum atomic E-state index is 5.78. The van der Waals surface area contributed by atoms with Crippen molar-refractivity contribution in [2.75, 3.05) is 40.5 Å². The van der Waals surface area contributed by atoms with Crippen LogP contribution in [0.15, 0.2) is 33.7 Å². The number of aliphatic imine (C=N–C) groups is 1. The lowest BCUT2D eigenvalue weighted by Gasteiger charge is -2.35. The molecule has 1 heterocycles. The van der Waals surface area contributed by atoms with E-state index in [2.05, 4.69) is 64.4 Å². The second-order valence-electron chi connectivity index (χ2n) is 6.15. The van der Waals surface area contributed by atoms with Gasteiger partial charge in [0.15, 0.2) is 5.96 Å². The Morgan fingerprint density at radius 2 is 2.00 bits per heavy atom. The third kappa shape index (κ3) is 5.46. The van der Waals surface area contributed by atoms with Crippen LogP contribution in [0.1, 0.15) is 25.3 Å². The maximum absolute atomic E-state index is 5.78. The summed E-state index contributed by atoms with van der Waals surface area (Å²) in [5.74, 6) is 0.906. The Bertz CT molecular complexity index is 528. The van der Waals surface area contributed by atoms with Crippen molar-refractivity contribution in [2.45, 2.75) is 31.9 Å². The van der Waals surface area contributed by atoms with Crippen LogP contribution in [0.4, 0.5) is 0 Å². The molecule has 134 valence electrons. The van der Waals surface area contributed by atoms with Crippen molar-refractivity contribution in [2.24, 2.45) is 4.99 Å². The zero-order valence-corrected chi connectivity index (χ0v) is 16.4. The molecule has 1 fully saturated rings. The number of methoxy groups -OCH3 is 1. The average molecular weight is 398 g/mol. The first-order valence-electron chi connectivity index (χ1n) is 8.45. The van der Waals surface area contributed by atoms with Crippen LogP contribution in [0.25, 0.3) is 0 Å². The molecule has 1 aromatic carbocycles. The molecule has 24 heavy (non-hydrogen) atoms. The van der Waals surface area contributed by atoms with Crippen molar-refractivity contribution in [1.82, 2.24) is 10.2 Å². The average Bonchev–Trinajstić information content (AvgIpc) is 2.61. The van der Waals surface area contributed by atoms with E-state index < -0.39 is 0 Å². The zero-order valence-electron chi connectivity index (χ0n) is 14.8. The summed E-state index contributed by atoms with van der Waals surface area (Å²) in [6.45, 7) is 5.88. The molecule has 0 unspecified atom stereocenters. The predicted octanol–water partition coefficient (Wildman–Crippen LogP) is 3.04. The molecule has 1 aliphatic rings. The maximum Gasteiger partial charge on any atom is 0.194 e. The lowest BCUT2D eigenvalue weighted by Crippen LogP contribution is -2.44. The van der Waals surface area contributed by atoms with Gasteiger partial charge < -0.3 is 19.7 Å². The van der Waals surface area contributed by atoms with E-state index in [0.29, 0.717) is 6.54 Å². The smallest absolute Gasteiger partial charge is 0.194 e. The quantitative estimate of drug-likeness (QED) is 0.591. The van der Waals surface area contributed by atoms with Gasteiger partial charge in [-0.3, -0.25) is 4.99 Å². The third-order valence-electron chi connectivity index (χ3n) is 4.38. The van der Waals surface area contributed by atoms with Gasteiger partial charge in [-0.25, -0.2) is 0 Å². The zero-order chi connectivity index (χ0) is 17.4. The van der Waals surface area contributed by atoms with Crippen LogP contribution in [0.5, 0.6) is 0 Å². The molecule has 5 nitrogen and oxygen atoms in total. The second kappa shape index (κ2) is 9.39. The van der Waals surface area contributed by atoms with Gasteiger partial charge in [0.1, 0.15) is 0 Å². The SMILES string of the molecule is CCNC(=NCC1(OC)CCOCC1)N(C)Cc1ccc(Br)cc1. The number of rotatable bonds is 6. The molecule has 0 atom stereocenters. The van der Waals surface area contributed by atoms with Gasteiger partial charge in [-0.2, -0.15) is 0 Å². The molecule has 1 N–H and O–H groups in total. The van der Waals surface area contributed by atoms with Crippen LogP contribution in [-0.4, -0.2) is 56.9 Å². The minimum Gasteiger partial charge on any atom is -0.381 e. The summed E-state index contributed by atoms with van der Waals surface area (Å²) in [6, 6.07) is 8.38. The summed E-state index contributed by atoms with van der Waals surface area (Å²) in [5.41, 5.74) is 1.05. The number of halogens is 1. The van der Waals surface area contributed by atoms with Crippen LogP contribution in [-0.2, 0) is 16.0 Å². The van der Waals surface area contributed by atoms with Gasteiger partial charge in [0.05, 0.1) is 12.1 Å². The van der Waals surface area contributed by atoms with E-state index in [1.165, 1.54) is 5.56 Å². The Labute approximate surface area is 153 Å². The number of benzene rings is 1. The number of hydrogen-bond donors (Lipinski definition) is 1. The van der Waals surface area contributed by atoms with E-state index in [1.54, 1.807) is 7.11 Å². The minimum atomic E-state index is -0.197. The van der Waals surface area contributed by atoms with Gasteiger partial charge >= 0.3 is 0 Å². The summed E-state index contributed by atoms with van der Waals surface area (Å²) in [5, 5.41) is 3.37. The van der Waals surface area contributed by atoms with E-state index in [1.807, 2.05) is 0 Å². The van der Waals surface area contributed by atoms with Gasteiger partial charge in [-0.1, -0.05) is 28.1 Å². The van der Waals surface area contributed by atoms with Gasteiger partial charge in [0.2, 0.25) is 0 Å². The highest BCUT2D eigenvalue weighted by atomic mass is 79.9. The van der Waals surface area contributed by atoms with Crippen LogP contribution in [0.3, 0.4) is 0 Å². The molecular formula is C18H28BrN3O2. The first-order chi connectivity index (χ1) is 11.6.